The Morgan fingerprint density at radius 2 is 2.14 bits per heavy atom. The lowest BCUT2D eigenvalue weighted by Gasteiger charge is -2.32. The molecule has 14 heavy (non-hydrogen) atoms. The number of Topliss-reactive ketones (excluding diaryl/α,β-unsaturated/α-hetero) is 1. The SMILES string of the molecule is C[C@]12C(=O)C=C[C@@]1(C)[C@H](C#N)CC2=O. The van der Waals surface area contributed by atoms with Crippen molar-refractivity contribution >= 4 is 11.6 Å². The number of allylic oxidation sites excluding steroid dienone is 2. The number of hydrogen-bond acceptors (Lipinski definition) is 3. The average Bonchev–Trinajstić information content (AvgIpc) is 2.50. The Morgan fingerprint density at radius 3 is 2.71 bits per heavy atom. The molecule has 0 aromatic heterocycles. The van der Waals surface area contributed by atoms with Gasteiger partial charge in [0.2, 0.25) is 0 Å². The molecule has 0 heterocycles. The fourth-order valence-corrected chi connectivity index (χ4v) is 2.53. The first-order valence-electron chi connectivity index (χ1n) is 4.63. The van der Waals surface area contributed by atoms with Gasteiger partial charge in [-0.1, -0.05) is 13.0 Å². The quantitative estimate of drug-likeness (QED) is 0.539. The third-order valence-electron chi connectivity index (χ3n) is 3.98. The van der Waals surface area contributed by atoms with Gasteiger partial charge in [-0.2, -0.15) is 5.26 Å². The topological polar surface area (TPSA) is 57.9 Å². The zero-order valence-electron chi connectivity index (χ0n) is 8.20. The number of nitrogens with zero attached hydrogens (tertiary/aromatic N) is 1. The Kier molecular flexibility index (Phi) is 1.52. The van der Waals surface area contributed by atoms with E-state index in [0.29, 0.717) is 0 Å². The van der Waals surface area contributed by atoms with Crippen molar-refractivity contribution in [1.29, 1.82) is 5.26 Å². The van der Waals surface area contributed by atoms with Crippen LogP contribution in [0.4, 0.5) is 0 Å². The minimum atomic E-state index is -0.979. The average molecular weight is 189 g/mol. The van der Waals surface area contributed by atoms with Crippen LogP contribution in [0.15, 0.2) is 12.2 Å². The molecule has 0 amide bonds. The lowest BCUT2D eigenvalue weighted by Crippen LogP contribution is -2.40. The van der Waals surface area contributed by atoms with E-state index in [1.54, 1.807) is 13.0 Å². The molecule has 72 valence electrons. The number of hydrogen-bond donors (Lipinski definition) is 0. The number of rotatable bonds is 0. The molecule has 0 spiro atoms. The molecule has 0 bridgehead atoms. The van der Waals surface area contributed by atoms with Crippen LogP contribution in [-0.2, 0) is 9.59 Å². The van der Waals surface area contributed by atoms with E-state index >= 15 is 0 Å². The third-order valence-corrected chi connectivity index (χ3v) is 3.98. The van der Waals surface area contributed by atoms with Gasteiger partial charge in [-0.15, -0.1) is 0 Å². The van der Waals surface area contributed by atoms with Crippen molar-refractivity contribution in [2.45, 2.75) is 20.3 Å². The zero-order chi connectivity index (χ0) is 10.6. The fourth-order valence-electron chi connectivity index (χ4n) is 2.53. The standard InChI is InChI=1S/C11H11NO2/c1-10-4-3-8(13)11(10,2)9(14)5-7(10)6-12/h3-4,7H,5H2,1-2H3/t7-,10-,11+/m0/s1. The van der Waals surface area contributed by atoms with Crippen LogP contribution in [0.3, 0.4) is 0 Å². The predicted molar refractivity (Wildman–Crippen MR) is 49.1 cm³/mol. The number of ketones is 2. The van der Waals surface area contributed by atoms with Crippen LogP contribution < -0.4 is 0 Å². The Hall–Kier alpha value is -1.43. The number of carbonyl (C=O) groups is 2. The summed E-state index contributed by atoms with van der Waals surface area (Å²) in [5.74, 6) is -0.605. The molecule has 0 aromatic rings. The van der Waals surface area contributed by atoms with Crippen LogP contribution in [0, 0.1) is 28.1 Å². The van der Waals surface area contributed by atoms with Crippen LogP contribution >= 0.6 is 0 Å². The summed E-state index contributed by atoms with van der Waals surface area (Å²) in [5.41, 5.74) is -1.57. The smallest absolute Gasteiger partial charge is 0.169 e. The zero-order valence-corrected chi connectivity index (χ0v) is 8.20. The molecule has 0 aromatic carbocycles. The van der Waals surface area contributed by atoms with Gasteiger partial charge < -0.3 is 0 Å². The highest BCUT2D eigenvalue weighted by Gasteiger charge is 2.64. The van der Waals surface area contributed by atoms with E-state index in [9.17, 15) is 9.59 Å². The molecule has 0 radical (unpaired) electrons. The fraction of sp³-hybridized carbons (Fsp3) is 0.545. The van der Waals surface area contributed by atoms with Crippen LogP contribution in [0.25, 0.3) is 0 Å². The van der Waals surface area contributed by atoms with Gasteiger partial charge in [0, 0.05) is 11.8 Å². The first-order valence-corrected chi connectivity index (χ1v) is 4.63. The van der Waals surface area contributed by atoms with Crippen molar-refractivity contribution in [2.24, 2.45) is 16.7 Å². The van der Waals surface area contributed by atoms with Crippen LogP contribution in [0.5, 0.6) is 0 Å². The van der Waals surface area contributed by atoms with Gasteiger partial charge >= 0.3 is 0 Å². The van der Waals surface area contributed by atoms with Gasteiger partial charge in [0.05, 0.1) is 17.4 Å². The predicted octanol–water partition coefficient (Wildman–Crippen LogP) is 1.25. The molecule has 1 fully saturated rings. The normalized spacial score (nSPS) is 45.4. The summed E-state index contributed by atoms with van der Waals surface area (Å²) >= 11 is 0. The second-order valence-electron chi connectivity index (χ2n) is 4.41. The number of fused-ring (bicyclic) bond motifs is 1. The minimum Gasteiger partial charge on any atom is -0.298 e. The van der Waals surface area contributed by atoms with Crippen molar-refractivity contribution in [3.05, 3.63) is 12.2 Å². The van der Waals surface area contributed by atoms with Gasteiger partial charge in [-0.25, -0.2) is 0 Å². The molecular weight excluding hydrogens is 178 g/mol. The molecule has 3 heteroatoms. The Balaban J connectivity index is 2.61. The molecule has 2 aliphatic rings. The molecule has 0 aliphatic heterocycles. The van der Waals surface area contributed by atoms with Crippen LogP contribution in [0.2, 0.25) is 0 Å². The van der Waals surface area contributed by atoms with Gasteiger partial charge in [0.15, 0.2) is 5.78 Å². The highest BCUT2D eigenvalue weighted by Crippen LogP contribution is 2.58. The highest BCUT2D eigenvalue weighted by atomic mass is 16.2. The van der Waals surface area contributed by atoms with E-state index in [4.69, 9.17) is 5.26 Å². The van der Waals surface area contributed by atoms with E-state index in [2.05, 4.69) is 6.07 Å². The summed E-state index contributed by atoms with van der Waals surface area (Å²) in [4.78, 5) is 23.4. The van der Waals surface area contributed by atoms with Crippen molar-refractivity contribution < 1.29 is 9.59 Å². The summed E-state index contributed by atoms with van der Waals surface area (Å²) in [6, 6.07) is 2.13. The maximum atomic E-state index is 11.8. The summed E-state index contributed by atoms with van der Waals surface area (Å²) in [7, 11) is 0. The Morgan fingerprint density at radius 1 is 1.50 bits per heavy atom. The van der Waals surface area contributed by atoms with Crippen molar-refractivity contribution in [2.75, 3.05) is 0 Å². The van der Waals surface area contributed by atoms with Crippen LogP contribution in [-0.4, -0.2) is 11.6 Å². The summed E-state index contributed by atoms with van der Waals surface area (Å²) < 4.78 is 0. The van der Waals surface area contributed by atoms with Crippen molar-refractivity contribution in [1.82, 2.24) is 0 Å². The van der Waals surface area contributed by atoms with Gasteiger partial charge in [-0.05, 0) is 13.0 Å². The minimum absolute atomic E-state index is 0.0958. The molecule has 0 N–H and O–H groups in total. The van der Waals surface area contributed by atoms with Gasteiger partial charge in [-0.3, -0.25) is 9.59 Å². The van der Waals surface area contributed by atoms with E-state index in [0.717, 1.165) is 0 Å². The summed E-state index contributed by atoms with van der Waals surface area (Å²) in [6.07, 6.45) is 3.38. The molecule has 3 atom stereocenters. The molecule has 0 saturated heterocycles. The Bertz CT molecular complexity index is 404. The third kappa shape index (κ3) is 0.686. The maximum Gasteiger partial charge on any atom is 0.169 e. The van der Waals surface area contributed by atoms with E-state index < -0.39 is 10.8 Å². The van der Waals surface area contributed by atoms with Crippen molar-refractivity contribution in [3.8, 4) is 6.07 Å². The highest BCUT2D eigenvalue weighted by molar-refractivity contribution is 6.16. The largest absolute Gasteiger partial charge is 0.298 e. The monoisotopic (exact) mass is 189 g/mol. The molecule has 1 saturated carbocycles. The van der Waals surface area contributed by atoms with Crippen molar-refractivity contribution in [3.63, 3.8) is 0 Å². The molecule has 2 aliphatic carbocycles. The van der Waals surface area contributed by atoms with Gasteiger partial charge in [0.25, 0.3) is 0 Å². The number of nitriles is 1. The van der Waals surface area contributed by atoms with E-state index in [-0.39, 0.29) is 23.9 Å². The summed E-state index contributed by atoms with van der Waals surface area (Å²) in [6.45, 7) is 3.49. The lowest BCUT2D eigenvalue weighted by atomic mass is 9.66. The van der Waals surface area contributed by atoms with Gasteiger partial charge in [0.1, 0.15) is 5.78 Å². The molecule has 3 nitrogen and oxygen atoms in total. The molecule has 0 unspecified atom stereocenters. The second-order valence-corrected chi connectivity index (χ2v) is 4.41. The first kappa shape index (κ1) is 9.14. The first-order chi connectivity index (χ1) is 6.46. The van der Waals surface area contributed by atoms with Crippen LogP contribution in [0.1, 0.15) is 20.3 Å². The maximum absolute atomic E-state index is 11.8. The molecular formula is C11H11NO2. The molecule has 2 rings (SSSR count). The summed E-state index contributed by atoms with van der Waals surface area (Å²) in [5, 5.41) is 8.95. The van der Waals surface area contributed by atoms with E-state index in [1.165, 1.54) is 6.08 Å². The lowest BCUT2D eigenvalue weighted by molar-refractivity contribution is -0.137. The van der Waals surface area contributed by atoms with E-state index in [1.807, 2.05) is 6.92 Å². The second kappa shape index (κ2) is 2.33. The Labute approximate surface area is 82.4 Å². The number of carbonyl (C=O) groups excluding carboxylic acids is 2.